The fourth-order valence-corrected chi connectivity index (χ4v) is 1.56. The highest BCUT2D eigenvalue weighted by Crippen LogP contribution is 2.17. The Morgan fingerprint density at radius 1 is 1.38 bits per heavy atom. The zero-order chi connectivity index (χ0) is 15.8. The first-order valence-corrected chi connectivity index (χ1v) is 6.24. The number of anilines is 1. The van der Waals surface area contributed by atoms with Gasteiger partial charge in [0, 0.05) is 11.8 Å². The van der Waals surface area contributed by atoms with Gasteiger partial charge in [-0.05, 0) is 19.1 Å². The second-order valence-corrected chi connectivity index (χ2v) is 4.12. The number of rotatable bonds is 7. The first-order chi connectivity index (χ1) is 9.92. The first-order valence-electron chi connectivity index (χ1n) is 6.24. The topological polar surface area (TPSA) is 131 Å². The number of hydrogen-bond acceptors (Lipinski definition) is 4. The van der Waals surface area contributed by atoms with Crippen molar-refractivity contribution in [1.82, 2.24) is 5.32 Å². The maximum Gasteiger partial charge on any atom is 0.326 e. The molecule has 5 N–H and O–H groups in total. The normalized spacial score (nSPS) is 11.3. The van der Waals surface area contributed by atoms with Crippen molar-refractivity contribution in [1.29, 1.82) is 0 Å². The van der Waals surface area contributed by atoms with Crippen LogP contribution in [0.5, 0.6) is 5.75 Å². The molecular weight excluding hydrogens is 278 g/mol. The molecule has 1 aromatic carbocycles. The molecule has 0 aliphatic heterocycles. The molecule has 114 valence electrons. The Morgan fingerprint density at radius 2 is 2.10 bits per heavy atom. The maximum atomic E-state index is 11.7. The summed E-state index contributed by atoms with van der Waals surface area (Å²) in [6, 6.07) is 4.48. The molecule has 0 aliphatic carbocycles. The average Bonchev–Trinajstić information content (AvgIpc) is 2.38. The van der Waals surface area contributed by atoms with Gasteiger partial charge in [-0.3, -0.25) is 4.79 Å². The van der Waals surface area contributed by atoms with E-state index >= 15 is 0 Å². The van der Waals surface area contributed by atoms with Crippen LogP contribution in [0.2, 0.25) is 0 Å². The highest BCUT2D eigenvalue weighted by Gasteiger charge is 2.22. The van der Waals surface area contributed by atoms with Crippen LogP contribution in [0.25, 0.3) is 0 Å². The van der Waals surface area contributed by atoms with Gasteiger partial charge in [0.25, 0.3) is 0 Å². The van der Waals surface area contributed by atoms with Crippen LogP contribution in [0, 0.1) is 0 Å². The van der Waals surface area contributed by atoms with Gasteiger partial charge in [-0.15, -0.1) is 0 Å². The van der Waals surface area contributed by atoms with Gasteiger partial charge < -0.3 is 26.2 Å². The summed E-state index contributed by atoms with van der Waals surface area (Å²) in [5.41, 5.74) is 5.35. The summed E-state index contributed by atoms with van der Waals surface area (Å²) in [7, 11) is 0. The van der Waals surface area contributed by atoms with Crippen molar-refractivity contribution in [2.24, 2.45) is 5.73 Å². The lowest BCUT2D eigenvalue weighted by Crippen LogP contribution is -2.45. The second-order valence-electron chi connectivity index (χ2n) is 4.12. The van der Waals surface area contributed by atoms with Crippen molar-refractivity contribution in [3.05, 3.63) is 24.3 Å². The van der Waals surface area contributed by atoms with E-state index in [4.69, 9.17) is 15.6 Å². The van der Waals surface area contributed by atoms with Crippen molar-refractivity contribution in [3.63, 3.8) is 0 Å². The number of aliphatic carboxylic acids is 1. The fourth-order valence-electron chi connectivity index (χ4n) is 1.56. The SMILES string of the molecule is CCOc1cccc(NC(=O)N[C@H](CC(N)=O)C(=O)O)c1. The highest BCUT2D eigenvalue weighted by atomic mass is 16.5. The molecule has 0 aliphatic rings. The van der Waals surface area contributed by atoms with E-state index in [9.17, 15) is 14.4 Å². The van der Waals surface area contributed by atoms with Gasteiger partial charge in [-0.25, -0.2) is 9.59 Å². The monoisotopic (exact) mass is 295 g/mol. The molecular formula is C13H17N3O5. The molecule has 8 heteroatoms. The van der Waals surface area contributed by atoms with Gasteiger partial charge in [0.05, 0.1) is 13.0 Å². The summed E-state index contributed by atoms with van der Waals surface area (Å²) in [6.07, 6.45) is -0.484. The van der Waals surface area contributed by atoms with Gasteiger partial charge >= 0.3 is 12.0 Å². The van der Waals surface area contributed by atoms with Crippen molar-refractivity contribution in [2.75, 3.05) is 11.9 Å². The second kappa shape index (κ2) is 7.73. The summed E-state index contributed by atoms with van der Waals surface area (Å²) < 4.78 is 5.27. The summed E-state index contributed by atoms with van der Waals surface area (Å²) in [4.78, 5) is 33.3. The van der Waals surface area contributed by atoms with Crippen LogP contribution in [0.15, 0.2) is 24.3 Å². The van der Waals surface area contributed by atoms with Crippen LogP contribution < -0.4 is 21.1 Å². The third kappa shape index (κ3) is 5.81. The number of nitrogens with two attached hydrogens (primary N) is 1. The molecule has 0 heterocycles. The Balaban J connectivity index is 2.65. The van der Waals surface area contributed by atoms with E-state index in [-0.39, 0.29) is 0 Å². The number of nitrogens with one attached hydrogen (secondary N) is 2. The van der Waals surface area contributed by atoms with Gasteiger partial charge in [0.15, 0.2) is 0 Å². The number of primary amides is 1. The Bertz CT molecular complexity index is 532. The van der Waals surface area contributed by atoms with E-state index in [1.54, 1.807) is 24.3 Å². The fraction of sp³-hybridized carbons (Fsp3) is 0.308. The lowest BCUT2D eigenvalue weighted by atomic mass is 10.2. The standard InChI is InChI=1S/C13H17N3O5/c1-2-21-9-5-3-4-8(6-9)15-13(20)16-10(12(18)19)7-11(14)17/h3-6,10H,2,7H2,1H3,(H2,14,17)(H,18,19)(H2,15,16,20)/t10-/m1/s1. The Kier molecular flexibility index (Phi) is 5.99. The highest BCUT2D eigenvalue weighted by molar-refractivity contribution is 5.93. The molecule has 0 spiro atoms. The number of carbonyl (C=O) groups excluding carboxylic acids is 2. The maximum absolute atomic E-state index is 11.7. The van der Waals surface area contributed by atoms with Gasteiger partial charge in [-0.1, -0.05) is 6.07 Å². The van der Waals surface area contributed by atoms with E-state index < -0.39 is 30.4 Å². The van der Waals surface area contributed by atoms with Gasteiger partial charge in [0.1, 0.15) is 11.8 Å². The summed E-state index contributed by atoms with van der Waals surface area (Å²) in [5.74, 6) is -1.59. The number of urea groups is 1. The predicted octanol–water partition coefficient (Wildman–Crippen LogP) is 0.535. The molecule has 1 aromatic rings. The number of benzene rings is 1. The van der Waals surface area contributed by atoms with E-state index in [0.29, 0.717) is 18.0 Å². The van der Waals surface area contributed by atoms with Crippen LogP contribution in [-0.2, 0) is 9.59 Å². The predicted molar refractivity (Wildman–Crippen MR) is 75.0 cm³/mol. The van der Waals surface area contributed by atoms with E-state index in [1.807, 2.05) is 6.92 Å². The van der Waals surface area contributed by atoms with E-state index in [1.165, 1.54) is 0 Å². The average molecular weight is 295 g/mol. The molecule has 3 amide bonds. The van der Waals surface area contributed by atoms with Crippen LogP contribution in [0.3, 0.4) is 0 Å². The lowest BCUT2D eigenvalue weighted by Gasteiger charge is -2.14. The minimum absolute atomic E-state index is 0.432. The Hall–Kier alpha value is -2.77. The number of amides is 3. The first kappa shape index (κ1) is 16.3. The molecule has 0 bridgehead atoms. The Labute approximate surface area is 121 Å². The number of carbonyl (C=O) groups is 3. The van der Waals surface area contributed by atoms with Crippen LogP contribution in [0.1, 0.15) is 13.3 Å². The number of ether oxygens (including phenoxy) is 1. The van der Waals surface area contributed by atoms with Crippen LogP contribution >= 0.6 is 0 Å². The molecule has 1 atom stereocenters. The molecule has 21 heavy (non-hydrogen) atoms. The van der Waals surface area contributed by atoms with Crippen molar-refractivity contribution < 1.29 is 24.2 Å². The molecule has 0 fully saturated rings. The number of hydrogen-bond donors (Lipinski definition) is 4. The van der Waals surface area contributed by atoms with Gasteiger partial charge in [-0.2, -0.15) is 0 Å². The minimum atomic E-state index is -1.38. The lowest BCUT2D eigenvalue weighted by molar-refractivity contribution is -0.140. The number of carboxylic acids is 1. The van der Waals surface area contributed by atoms with Crippen LogP contribution in [0.4, 0.5) is 10.5 Å². The van der Waals surface area contributed by atoms with E-state index in [0.717, 1.165) is 0 Å². The molecule has 0 saturated carbocycles. The molecule has 0 radical (unpaired) electrons. The van der Waals surface area contributed by atoms with E-state index in [2.05, 4.69) is 10.6 Å². The largest absolute Gasteiger partial charge is 0.494 e. The zero-order valence-corrected chi connectivity index (χ0v) is 11.5. The summed E-state index contributed by atoms with van der Waals surface area (Å²) in [5, 5.41) is 13.5. The number of carboxylic acid groups (broad SMARTS) is 1. The molecule has 8 nitrogen and oxygen atoms in total. The smallest absolute Gasteiger partial charge is 0.326 e. The summed E-state index contributed by atoms with van der Waals surface area (Å²) in [6.45, 7) is 2.31. The molecule has 0 aromatic heterocycles. The molecule has 0 unspecified atom stereocenters. The third-order valence-electron chi connectivity index (χ3n) is 2.41. The van der Waals surface area contributed by atoms with Crippen molar-refractivity contribution >= 4 is 23.6 Å². The Morgan fingerprint density at radius 3 is 2.67 bits per heavy atom. The van der Waals surface area contributed by atoms with Crippen molar-refractivity contribution in [2.45, 2.75) is 19.4 Å². The summed E-state index contributed by atoms with van der Waals surface area (Å²) >= 11 is 0. The third-order valence-corrected chi connectivity index (χ3v) is 2.41. The quantitative estimate of drug-likeness (QED) is 0.583. The molecule has 0 saturated heterocycles. The molecule has 1 rings (SSSR count). The van der Waals surface area contributed by atoms with Crippen LogP contribution in [-0.4, -0.2) is 35.7 Å². The van der Waals surface area contributed by atoms with Gasteiger partial charge in [0.2, 0.25) is 5.91 Å². The van der Waals surface area contributed by atoms with Crippen molar-refractivity contribution in [3.8, 4) is 5.75 Å². The minimum Gasteiger partial charge on any atom is -0.494 e. The zero-order valence-electron chi connectivity index (χ0n) is 11.5.